The first kappa shape index (κ1) is 18.2. The van der Waals surface area contributed by atoms with Crippen LogP contribution in [0.1, 0.15) is 35.3 Å². The van der Waals surface area contributed by atoms with Gasteiger partial charge in [-0.1, -0.05) is 53.2 Å². The Morgan fingerprint density at radius 3 is 2.33 bits per heavy atom. The number of rotatable bonds is 6. The number of nitrogens with one attached hydrogen (secondary N) is 2. The number of hydrazine groups is 1. The third-order valence-electron chi connectivity index (χ3n) is 3.68. The third kappa shape index (κ3) is 5.47. The number of carbonyl (C=O) groups excluding carboxylic acids is 2. The quantitative estimate of drug-likeness (QED) is 0.659. The van der Waals surface area contributed by atoms with Gasteiger partial charge in [-0.05, 0) is 24.3 Å². The molecule has 0 fully saturated rings. The van der Waals surface area contributed by atoms with E-state index in [0.717, 1.165) is 10.9 Å². The fraction of sp³-hybridized carbons (Fsp3) is 0.222. The standard InChI is InChI=1S/C18H20BrN3O2/c1-2-16(13-8-10-15(19)11-9-13)20-12-17(23)21-22-18(24)14-6-4-3-5-7-14/h3-11,16,20H,2,12H2,1H3,(H,21,23)(H,22,24)/p+1/t16-/m0/s1. The van der Waals surface area contributed by atoms with E-state index in [1.54, 1.807) is 24.3 Å². The van der Waals surface area contributed by atoms with Gasteiger partial charge in [0.15, 0.2) is 6.54 Å². The molecule has 5 nitrogen and oxygen atoms in total. The Balaban J connectivity index is 1.79. The summed E-state index contributed by atoms with van der Waals surface area (Å²) in [5.74, 6) is -0.571. The molecule has 0 aliphatic heterocycles. The van der Waals surface area contributed by atoms with Gasteiger partial charge in [0, 0.05) is 22.0 Å². The Bertz CT molecular complexity index is 674. The lowest BCUT2D eigenvalue weighted by molar-refractivity contribution is -0.686. The van der Waals surface area contributed by atoms with Crippen LogP contribution in [0.5, 0.6) is 0 Å². The van der Waals surface area contributed by atoms with Crippen molar-refractivity contribution in [3.05, 3.63) is 70.2 Å². The summed E-state index contributed by atoms with van der Waals surface area (Å²) in [4.78, 5) is 23.8. The van der Waals surface area contributed by atoms with Gasteiger partial charge in [0.05, 0.1) is 0 Å². The van der Waals surface area contributed by atoms with Gasteiger partial charge in [-0.25, -0.2) is 0 Å². The van der Waals surface area contributed by atoms with Crippen LogP contribution in [0.15, 0.2) is 59.1 Å². The molecule has 2 aromatic carbocycles. The molecule has 0 heterocycles. The van der Waals surface area contributed by atoms with Gasteiger partial charge < -0.3 is 5.32 Å². The highest BCUT2D eigenvalue weighted by molar-refractivity contribution is 9.10. The number of amides is 2. The second kappa shape index (κ2) is 9.20. The Morgan fingerprint density at radius 2 is 1.71 bits per heavy atom. The second-order valence-electron chi connectivity index (χ2n) is 5.37. The summed E-state index contributed by atoms with van der Waals surface area (Å²) in [7, 11) is 0. The highest BCUT2D eigenvalue weighted by Gasteiger charge is 2.15. The maximum absolute atomic E-state index is 11.9. The summed E-state index contributed by atoms with van der Waals surface area (Å²) in [6.45, 7) is 2.32. The van der Waals surface area contributed by atoms with E-state index in [0.29, 0.717) is 5.56 Å². The van der Waals surface area contributed by atoms with Crippen LogP contribution in [0.2, 0.25) is 0 Å². The average Bonchev–Trinajstić information content (AvgIpc) is 2.62. The van der Waals surface area contributed by atoms with E-state index in [9.17, 15) is 9.59 Å². The Labute approximate surface area is 149 Å². The number of hydrogen-bond acceptors (Lipinski definition) is 2. The zero-order chi connectivity index (χ0) is 17.4. The topological polar surface area (TPSA) is 74.8 Å². The van der Waals surface area contributed by atoms with E-state index in [4.69, 9.17) is 0 Å². The molecule has 4 N–H and O–H groups in total. The molecule has 2 rings (SSSR count). The largest absolute Gasteiger partial charge is 0.332 e. The Morgan fingerprint density at radius 1 is 1.04 bits per heavy atom. The lowest BCUT2D eigenvalue weighted by Crippen LogP contribution is -2.87. The van der Waals surface area contributed by atoms with Crippen LogP contribution >= 0.6 is 15.9 Å². The van der Waals surface area contributed by atoms with Crippen molar-refractivity contribution in [3.63, 3.8) is 0 Å². The molecular weight excluding hydrogens is 370 g/mol. The summed E-state index contributed by atoms with van der Waals surface area (Å²) in [5.41, 5.74) is 6.54. The van der Waals surface area contributed by atoms with Crippen LogP contribution in [-0.4, -0.2) is 18.4 Å². The number of carbonyl (C=O) groups is 2. The smallest absolute Gasteiger partial charge is 0.293 e. The first-order valence-electron chi connectivity index (χ1n) is 7.83. The molecular formula is C18H21BrN3O2+. The van der Waals surface area contributed by atoms with E-state index < -0.39 is 0 Å². The average molecular weight is 391 g/mol. The van der Waals surface area contributed by atoms with Crippen LogP contribution in [0.25, 0.3) is 0 Å². The van der Waals surface area contributed by atoms with Gasteiger partial charge >= 0.3 is 0 Å². The van der Waals surface area contributed by atoms with Gasteiger partial charge in [0.1, 0.15) is 6.04 Å². The summed E-state index contributed by atoms with van der Waals surface area (Å²) in [5, 5.41) is 1.97. The molecule has 0 aromatic heterocycles. The normalized spacial score (nSPS) is 11.6. The van der Waals surface area contributed by atoms with E-state index in [2.05, 4.69) is 33.7 Å². The van der Waals surface area contributed by atoms with Crippen molar-refractivity contribution in [2.45, 2.75) is 19.4 Å². The highest BCUT2D eigenvalue weighted by atomic mass is 79.9. The molecule has 0 bridgehead atoms. The second-order valence-corrected chi connectivity index (χ2v) is 6.29. The molecule has 0 aliphatic rings. The van der Waals surface area contributed by atoms with Crippen LogP contribution in [-0.2, 0) is 4.79 Å². The van der Waals surface area contributed by atoms with Crippen molar-refractivity contribution < 1.29 is 14.9 Å². The third-order valence-corrected chi connectivity index (χ3v) is 4.21. The monoisotopic (exact) mass is 390 g/mol. The van der Waals surface area contributed by atoms with Gasteiger partial charge in [0.25, 0.3) is 11.8 Å². The number of nitrogens with two attached hydrogens (primary N) is 1. The zero-order valence-corrected chi connectivity index (χ0v) is 15.0. The molecule has 0 unspecified atom stereocenters. The van der Waals surface area contributed by atoms with Crippen molar-refractivity contribution >= 4 is 27.7 Å². The predicted molar refractivity (Wildman–Crippen MR) is 96.0 cm³/mol. The van der Waals surface area contributed by atoms with Crippen molar-refractivity contribution in [3.8, 4) is 0 Å². The number of halogens is 1. The van der Waals surface area contributed by atoms with Crippen LogP contribution in [0, 0.1) is 0 Å². The molecule has 0 spiro atoms. The minimum atomic E-state index is -0.330. The lowest BCUT2D eigenvalue weighted by Gasteiger charge is -2.14. The summed E-state index contributed by atoms with van der Waals surface area (Å²) in [6, 6.07) is 17.0. The number of benzene rings is 2. The van der Waals surface area contributed by atoms with Crippen LogP contribution in [0.4, 0.5) is 0 Å². The first-order valence-corrected chi connectivity index (χ1v) is 8.62. The molecule has 126 valence electrons. The fourth-order valence-electron chi connectivity index (χ4n) is 2.34. The summed E-state index contributed by atoms with van der Waals surface area (Å²) < 4.78 is 1.03. The molecule has 6 heteroatoms. The van der Waals surface area contributed by atoms with E-state index in [1.165, 1.54) is 5.56 Å². The molecule has 24 heavy (non-hydrogen) atoms. The minimum absolute atomic E-state index is 0.202. The molecule has 0 aliphatic carbocycles. The van der Waals surface area contributed by atoms with E-state index in [1.807, 2.05) is 35.6 Å². The van der Waals surface area contributed by atoms with Gasteiger partial charge in [0.2, 0.25) is 0 Å². The van der Waals surface area contributed by atoms with E-state index in [-0.39, 0.29) is 24.4 Å². The van der Waals surface area contributed by atoms with Crippen LogP contribution < -0.4 is 16.2 Å². The predicted octanol–water partition coefficient (Wildman–Crippen LogP) is 1.92. The van der Waals surface area contributed by atoms with Crippen LogP contribution in [0.3, 0.4) is 0 Å². The van der Waals surface area contributed by atoms with Crippen molar-refractivity contribution in [1.82, 2.24) is 10.9 Å². The van der Waals surface area contributed by atoms with E-state index >= 15 is 0 Å². The summed E-state index contributed by atoms with van der Waals surface area (Å²) in [6.07, 6.45) is 0.908. The van der Waals surface area contributed by atoms with Crippen molar-refractivity contribution in [2.24, 2.45) is 0 Å². The van der Waals surface area contributed by atoms with Gasteiger partial charge in [-0.15, -0.1) is 0 Å². The molecule has 0 saturated heterocycles. The first-order chi connectivity index (χ1) is 11.6. The minimum Gasteiger partial charge on any atom is -0.332 e. The number of quaternary nitrogens is 1. The van der Waals surface area contributed by atoms with Gasteiger partial charge in [-0.2, -0.15) is 0 Å². The van der Waals surface area contributed by atoms with Gasteiger partial charge in [-0.3, -0.25) is 20.4 Å². The molecule has 2 amide bonds. The molecule has 1 atom stereocenters. The molecule has 0 radical (unpaired) electrons. The number of hydrogen-bond donors (Lipinski definition) is 3. The maximum atomic E-state index is 11.9. The lowest BCUT2D eigenvalue weighted by atomic mass is 10.0. The molecule has 0 saturated carbocycles. The Hall–Kier alpha value is -2.18. The Kier molecular flexibility index (Phi) is 6.96. The van der Waals surface area contributed by atoms with Crippen molar-refractivity contribution in [2.75, 3.05) is 6.54 Å². The zero-order valence-electron chi connectivity index (χ0n) is 13.5. The fourth-order valence-corrected chi connectivity index (χ4v) is 2.60. The maximum Gasteiger partial charge on any atom is 0.293 e. The van der Waals surface area contributed by atoms with Crippen molar-refractivity contribution in [1.29, 1.82) is 0 Å². The SMILES string of the molecule is CC[C@H]([NH2+]CC(=O)NNC(=O)c1ccccc1)c1ccc(Br)cc1. The summed E-state index contributed by atoms with van der Waals surface area (Å²) >= 11 is 3.42. The highest BCUT2D eigenvalue weighted by Crippen LogP contribution is 2.16. The molecule has 2 aromatic rings.